The van der Waals surface area contributed by atoms with Crippen LogP contribution in [0.3, 0.4) is 0 Å². The molecule has 9 heteroatoms. The summed E-state index contributed by atoms with van der Waals surface area (Å²) in [7, 11) is 1.48. The van der Waals surface area contributed by atoms with Gasteiger partial charge in [0, 0.05) is 35.8 Å². The van der Waals surface area contributed by atoms with Crippen LogP contribution in [0.1, 0.15) is 35.6 Å². The number of hydrogen-bond donors (Lipinski definition) is 0. The average Bonchev–Trinajstić information content (AvgIpc) is 3.43. The SMILES string of the molecule is CCOC(=O)c1cn(-c2ccn3ncc(-c4c(C)nn(CC)c4C)c3c2)nc1OC. The quantitative estimate of drug-likeness (QED) is 0.455. The number of carbonyl (C=O) groups is 1. The zero-order valence-electron chi connectivity index (χ0n) is 17.7. The van der Waals surface area contributed by atoms with Crippen LogP contribution in [0, 0.1) is 13.8 Å². The lowest BCUT2D eigenvalue weighted by Gasteiger charge is -2.05. The summed E-state index contributed by atoms with van der Waals surface area (Å²) in [5.41, 5.74) is 6.10. The van der Waals surface area contributed by atoms with E-state index in [1.54, 1.807) is 17.8 Å². The molecular weight excluding hydrogens is 384 g/mol. The number of fused-ring (bicyclic) bond motifs is 1. The molecule has 0 radical (unpaired) electrons. The Labute approximate surface area is 173 Å². The molecule has 4 heterocycles. The smallest absolute Gasteiger partial charge is 0.345 e. The lowest BCUT2D eigenvalue weighted by Crippen LogP contribution is -2.05. The van der Waals surface area contributed by atoms with Crippen molar-refractivity contribution >= 4 is 11.5 Å². The van der Waals surface area contributed by atoms with Gasteiger partial charge in [0.2, 0.25) is 5.88 Å². The third kappa shape index (κ3) is 3.12. The predicted molar refractivity (Wildman–Crippen MR) is 111 cm³/mol. The monoisotopic (exact) mass is 408 g/mol. The van der Waals surface area contributed by atoms with Gasteiger partial charge in [-0.25, -0.2) is 14.0 Å². The number of hydrogen-bond acceptors (Lipinski definition) is 6. The van der Waals surface area contributed by atoms with E-state index >= 15 is 0 Å². The van der Waals surface area contributed by atoms with Gasteiger partial charge in [0.1, 0.15) is 5.56 Å². The maximum Gasteiger partial charge on any atom is 0.345 e. The van der Waals surface area contributed by atoms with Crippen molar-refractivity contribution < 1.29 is 14.3 Å². The van der Waals surface area contributed by atoms with Crippen molar-refractivity contribution in [3.8, 4) is 22.7 Å². The van der Waals surface area contributed by atoms with Crippen LogP contribution in [0.25, 0.3) is 22.3 Å². The number of esters is 1. The lowest BCUT2D eigenvalue weighted by atomic mass is 10.1. The maximum absolute atomic E-state index is 12.2. The number of rotatable bonds is 6. The molecule has 0 spiro atoms. The summed E-state index contributed by atoms with van der Waals surface area (Å²) >= 11 is 0. The minimum atomic E-state index is -0.468. The molecule has 0 amide bonds. The van der Waals surface area contributed by atoms with Crippen LogP contribution in [0.5, 0.6) is 5.88 Å². The van der Waals surface area contributed by atoms with Gasteiger partial charge < -0.3 is 9.47 Å². The summed E-state index contributed by atoms with van der Waals surface area (Å²) in [5, 5.41) is 13.5. The molecule has 0 fully saturated rings. The van der Waals surface area contributed by atoms with E-state index in [1.165, 1.54) is 7.11 Å². The molecule has 4 rings (SSSR count). The third-order valence-corrected chi connectivity index (χ3v) is 5.09. The van der Waals surface area contributed by atoms with Gasteiger partial charge in [-0.3, -0.25) is 4.68 Å². The average molecular weight is 408 g/mol. The summed E-state index contributed by atoms with van der Waals surface area (Å²) < 4.78 is 15.8. The molecular formula is C21H24N6O3. The van der Waals surface area contributed by atoms with Crippen LogP contribution in [-0.2, 0) is 11.3 Å². The van der Waals surface area contributed by atoms with E-state index in [0.29, 0.717) is 0 Å². The normalized spacial score (nSPS) is 11.2. The van der Waals surface area contributed by atoms with Crippen molar-refractivity contribution in [1.82, 2.24) is 29.2 Å². The Hall–Kier alpha value is -3.62. The van der Waals surface area contributed by atoms with Gasteiger partial charge in [-0.2, -0.15) is 10.2 Å². The standard InChI is InChI=1S/C21H24N6O3/c1-6-25-14(4)19(13(3)23-25)16-11-22-26-9-8-15(10-18(16)26)27-12-17(20(24-27)29-5)21(28)30-7-2/h8-12H,6-7H2,1-5H3. The molecule has 0 aliphatic rings. The molecule has 0 aliphatic carbocycles. The highest BCUT2D eigenvalue weighted by atomic mass is 16.5. The fraction of sp³-hybridized carbons (Fsp3) is 0.333. The number of aromatic nitrogens is 6. The molecule has 0 unspecified atom stereocenters. The third-order valence-electron chi connectivity index (χ3n) is 5.09. The fourth-order valence-electron chi connectivity index (χ4n) is 3.69. The minimum Gasteiger partial charge on any atom is -0.479 e. The summed E-state index contributed by atoms with van der Waals surface area (Å²) in [4.78, 5) is 12.2. The van der Waals surface area contributed by atoms with Gasteiger partial charge in [0.15, 0.2) is 0 Å². The Kier molecular flexibility index (Phi) is 5.03. The predicted octanol–water partition coefficient (Wildman–Crippen LogP) is 3.21. The topological polar surface area (TPSA) is 88.5 Å². The van der Waals surface area contributed by atoms with Crippen LogP contribution in [0.15, 0.2) is 30.7 Å². The molecule has 30 heavy (non-hydrogen) atoms. The van der Waals surface area contributed by atoms with Gasteiger partial charge in [-0.05, 0) is 39.8 Å². The lowest BCUT2D eigenvalue weighted by molar-refractivity contribution is 0.0522. The molecule has 0 aliphatic heterocycles. The van der Waals surface area contributed by atoms with Gasteiger partial charge >= 0.3 is 5.97 Å². The van der Waals surface area contributed by atoms with Crippen molar-refractivity contribution in [2.75, 3.05) is 13.7 Å². The maximum atomic E-state index is 12.2. The van der Waals surface area contributed by atoms with E-state index in [4.69, 9.17) is 9.47 Å². The number of pyridine rings is 1. The Morgan fingerprint density at radius 2 is 2.00 bits per heavy atom. The van der Waals surface area contributed by atoms with Crippen LogP contribution < -0.4 is 4.74 Å². The first-order valence-corrected chi connectivity index (χ1v) is 9.81. The zero-order chi connectivity index (χ0) is 21.4. The van der Waals surface area contributed by atoms with Crippen molar-refractivity contribution in [3.05, 3.63) is 47.7 Å². The van der Waals surface area contributed by atoms with Crippen molar-refractivity contribution in [1.29, 1.82) is 0 Å². The summed E-state index contributed by atoms with van der Waals surface area (Å²) in [6.07, 6.45) is 5.33. The van der Waals surface area contributed by atoms with E-state index in [2.05, 4.69) is 29.1 Å². The Bertz CT molecular complexity index is 1230. The van der Waals surface area contributed by atoms with Crippen molar-refractivity contribution in [2.45, 2.75) is 34.2 Å². The highest BCUT2D eigenvalue weighted by Gasteiger charge is 2.20. The second-order valence-corrected chi connectivity index (χ2v) is 6.85. The van der Waals surface area contributed by atoms with E-state index < -0.39 is 5.97 Å². The molecule has 0 saturated carbocycles. The van der Waals surface area contributed by atoms with Crippen molar-refractivity contribution in [3.63, 3.8) is 0 Å². The van der Waals surface area contributed by atoms with Crippen LogP contribution in [0.4, 0.5) is 0 Å². The molecule has 0 bridgehead atoms. The zero-order valence-corrected chi connectivity index (χ0v) is 17.7. The minimum absolute atomic E-state index is 0.220. The molecule has 0 N–H and O–H groups in total. The Morgan fingerprint density at radius 3 is 2.67 bits per heavy atom. The van der Waals surface area contributed by atoms with Gasteiger partial charge in [-0.1, -0.05) is 0 Å². The largest absolute Gasteiger partial charge is 0.479 e. The molecule has 9 nitrogen and oxygen atoms in total. The number of ether oxygens (including phenoxy) is 2. The second kappa shape index (κ2) is 7.66. The van der Waals surface area contributed by atoms with Crippen LogP contribution in [-0.4, -0.2) is 48.9 Å². The Balaban J connectivity index is 1.83. The van der Waals surface area contributed by atoms with E-state index in [9.17, 15) is 4.79 Å². The van der Waals surface area contributed by atoms with Gasteiger partial charge in [-0.15, -0.1) is 5.10 Å². The van der Waals surface area contributed by atoms with Gasteiger partial charge in [0.25, 0.3) is 0 Å². The number of carbonyl (C=O) groups excluding carboxylic acids is 1. The molecule has 0 atom stereocenters. The highest BCUT2D eigenvalue weighted by Crippen LogP contribution is 2.31. The molecule has 4 aromatic heterocycles. The molecule has 0 saturated heterocycles. The van der Waals surface area contributed by atoms with Crippen LogP contribution >= 0.6 is 0 Å². The number of nitrogens with zero attached hydrogens (tertiary/aromatic N) is 6. The molecule has 4 aromatic rings. The first-order chi connectivity index (χ1) is 14.5. The first-order valence-electron chi connectivity index (χ1n) is 9.81. The number of aryl methyl sites for hydroxylation is 2. The fourth-order valence-corrected chi connectivity index (χ4v) is 3.69. The van der Waals surface area contributed by atoms with Crippen molar-refractivity contribution in [2.24, 2.45) is 0 Å². The first kappa shape index (κ1) is 19.7. The molecule has 156 valence electrons. The van der Waals surface area contributed by atoms with E-state index in [0.717, 1.165) is 40.3 Å². The second-order valence-electron chi connectivity index (χ2n) is 6.85. The van der Waals surface area contributed by atoms with E-state index in [-0.39, 0.29) is 18.1 Å². The van der Waals surface area contributed by atoms with Gasteiger partial charge in [0.05, 0.1) is 36.8 Å². The summed E-state index contributed by atoms with van der Waals surface area (Å²) in [5.74, 6) is -0.247. The highest BCUT2D eigenvalue weighted by molar-refractivity contribution is 5.92. The Morgan fingerprint density at radius 1 is 1.20 bits per heavy atom. The van der Waals surface area contributed by atoms with Crippen LogP contribution in [0.2, 0.25) is 0 Å². The molecule has 0 aromatic carbocycles. The number of methoxy groups -OCH3 is 1. The summed E-state index contributed by atoms with van der Waals surface area (Å²) in [6, 6.07) is 3.85. The van der Waals surface area contributed by atoms with E-state index in [1.807, 2.05) is 40.6 Å². The summed E-state index contributed by atoms with van der Waals surface area (Å²) in [6.45, 7) is 8.99.